The summed E-state index contributed by atoms with van der Waals surface area (Å²) >= 11 is 0. The SMILES string of the molecule is CN(C)CCN(C(=O)C1=NN(C2CCS(=O)(=O)C2)C(=O)CC1)C1CC1. The van der Waals surface area contributed by atoms with Crippen molar-refractivity contribution in [3.05, 3.63) is 0 Å². The number of sulfone groups is 1. The van der Waals surface area contributed by atoms with Crippen molar-refractivity contribution in [1.82, 2.24) is 14.8 Å². The molecule has 25 heavy (non-hydrogen) atoms. The molecule has 2 amide bonds. The first-order chi connectivity index (χ1) is 11.8. The molecule has 0 aromatic carbocycles. The first-order valence-corrected chi connectivity index (χ1v) is 10.6. The molecule has 1 atom stereocenters. The molecule has 140 valence electrons. The van der Waals surface area contributed by atoms with Gasteiger partial charge in [0.1, 0.15) is 5.71 Å². The Morgan fingerprint density at radius 1 is 1.20 bits per heavy atom. The van der Waals surface area contributed by atoms with Crippen LogP contribution < -0.4 is 0 Å². The molecule has 3 rings (SSSR count). The Bertz CT molecular complexity index is 684. The Balaban J connectivity index is 1.74. The van der Waals surface area contributed by atoms with Crippen LogP contribution in [0.5, 0.6) is 0 Å². The zero-order chi connectivity index (χ0) is 18.2. The van der Waals surface area contributed by atoms with Crippen LogP contribution in [0.2, 0.25) is 0 Å². The lowest BCUT2D eigenvalue weighted by Gasteiger charge is -2.30. The van der Waals surface area contributed by atoms with Crippen LogP contribution in [0, 0.1) is 0 Å². The number of rotatable bonds is 6. The van der Waals surface area contributed by atoms with Crippen LogP contribution in [0.4, 0.5) is 0 Å². The van der Waals surface area contributed by atoms with Crippen LogP contribution in [0.3, 0.4) is 0 Å². The predicted molar refractivity (Wildman–Crippen MR) is 93.9 cm³/mol. The maximum atomic E-state index is 12.9. The number of hydrogen-bond donors (Lipinski definition) is 0. The van der Waals surface area contributed by atoms with Gasteiger partial charge in [-0.15, -0.1) is 0 Å². The van der Waals surface area contributed by atoms with E-state index in [9.17, 15) is 18.0 Å². The summed E-state index contributed by atoms with van der Waals surface area (Å²) in [5.41, 5.74) is 0.384. The predicted octanol–water partition coefficient (Wildman–Crippen LogP) is -0.295. The van der Waals surface area contributed by atoms with Gasteiger partial charge >= 0.3 is 0 Å². The van der Waals surface area contributed by atoms with Crippen molar-refractivity contribution in [3.8, 4) is 0 Å². The lowest BCUT2D eigenvalue weighted by Crippen LogP contribution is -2.47. The van der Waals surface area contributed by atoms with Crippen LogP contribution in [0.1, 0.15) is 32.1 Å². The fourth-order valence-electron chi connectivity index (χ4n) is 3.29. The summed E-state index contributed by atoms with van der Waals surface area (Å²) < 4.78 is 23.4. The highest BCUT2D eigenvalue weighted by Gasteiger charge is 2.39. The zero-order valence-corrected chi connectivity index (χ0v) is 15.7. The average Bonchev–Trinajstić information content (AvgIpc) is 3.30. The van der Waals surface area contributed by atoms with E-state index in [-0.39, 0.29) is 35.8 Å². The van der Waals surface area contributed by atoms with Gasteiger partial charge in [0.2, 0.25) is 5.91 Å². The van der Waals surface area contributed by atoms with Gasteiger partial charge in [-0.25, -0.2) is 13.4 Å². The normalized spacial score (nSPS) is 26.0. The molecule has 3 aliphatic rings. The van der Waals surface area contributed by atoms with Crippen LogP contribution >= 0.6 is 0 Å². The molecule has 9 heteroatoms. The van der Waals surface area contributed by atoms with Gasteiger partial charge in [-0.1, -0.05) is 0 Å². The summed E-state index contributed by atoms with van der Waals surface area (Å²) in [5.74, 6) is -0.277. The third-order valence-corrected chi connectivity index (χ3v) is 6.65. The zero-order valence-electron chi connectivity index (χ0n) is 14.8. The molecule has 0 radical (unpaired) electrons. The lowest BCUT2D eigenvalue weighted by atomic mass is 10.1. The Labute approximate surface area is 148 Å². The highest BCUT2D eigenvalue weighted by Crippen LogP contribution is 2.28. The van der Waals surface area contributed by atoms with E-state index in [0.717, 1.165) is 19.4 Å². The number of carbonyl (C=O) groups excluding carboxylic acids is 2. The highest BCUT2D eigenvalue weighted by atomic mass is 32.2. The first-order valence-electron chi connectivity index (χ1n) is 8.82. The van der Waals surface area contributed by atoms with E-state index in [4.69, 9.17) is 0 Å². The van der Waals surface area contributed by atoms with E-state index in [1.807, 2.05) is 23.9 Å². The highest BCUT2D eigenvalue weighted by molar-refractivity contribution is 7.91. The summed E-state index contributed by atoms with van der Waals surface area (Å²) in [6.45, 7) is 1.42. The summed E-state index contributed by atoms with van der Waals surface area (Å²) in [6, 6.07) is -0.162. The third kappa shape index (κ3) is 4.38. The molecular weight excluding hydrogens is 344 g/mol. The maximum absolute atomic E-state index is 12.9. The summed E-state index contributed by atoms with van der Waals surface area (Å²) in [5, 5.41) is 5.56. The van der Waals surface area contributed by atoms with Crippen molar-refractivity contribution in [1.29, 1.82) is 0 Å². The van der Waals surface area contributed by atoms with Crippen LogP contribution in [-0.4, -0.2) is 91.5 Å². The molecule has 1 saturated carbocycles. The van der Waals surface area contributed by atoms with Crippen molar-refractivity contribution in [2.24, 2.45) is 5.10 Å². The van der Waals surface area contributed by atoms with Crippen molar-refractivity contribution < 1.29 is 18.0 Å². The van der Waals surface area contributed by atoms with Crippen LogP contribution in [-0.2, 0) is 19.4 Å². The van der Waals surface area contributed by atoms with Gasteiger partial charge in [-0.2, -0.15) is 5.10 Å². The summed E-state index contributed by atoms with van der Waals surface area (Å²) in [7, 11) is 0.826. The average molecular weight is 370 g/mol. The van der Waals surface area contributed by atoms with E-state index in [1.165, 1.54) is 5.01 Å². The number of likely N-dealkylation sites (N-methyl/N-ethyl adjacent to an activating group) is 1. The van der Waals surface area contributed by atoms with Crippen molar-refractivity contribution in [3.63, 3.8) is 0 Å². The van der Waals surface area contributed by atoms with Gasteiger partial charge in [0.15, 0.2) is 9.84 Å². The van der Waals surface area contributed by atoms with Gasteiger partial charge < -0.3 is 9.80 Å². The van der Waals surface area contributed by atoms with Crippen molar-refractivity contribution in [2.75, 3.05) is 38.7 Å². The number of carbonyl (C=O) groups is 2. The second-order valence-electron chi connectivity index (χ2n) is 7.37. The van der Waals surface area contributed by atoms with Crippen molar-refractivity contribution in [2.45, 2.75) is 44.2 Å². The van der Waals surface area contributed by atoms with E-state index >= 15 is 0 Å². The van der Waals surface area contributed by atoms with Crippen molar-refractivity contribution >= 4 is 27.4 Å². The molecular formula is C16H26N4O4S. The second kappa shape index (κ2) is 7.03. The molecule has 2 aliphatic heterocycles. The molecule has 1 aliphatic carbocycles. The molecule has 0 aromatic heterocycles. The molecule has 2 fully saturated rings. The first kappa shape index (κ1) is 18.3. The standard InChI is InChI=1S/C16H26N4O4S/c1-18(2)8-9-19(12-3-4-12)16(22)14-5-6-15(21)20(17-14)13-7-10-25(23,24)11-13/h12-13H,3-11H2,1-2H3. The number of hydrazone groups is 1. The Kier molecular flexibility index (Phi) is 5.15. The fraction of sp³-hybridized carbons (Fsp3) is 0.812. The molecule has 0 aromatic rings. The third-order valence-electron chi connectivity index (χ3n) is 4.90. The Morgan fingerprint density at radius 3 is 2.48 bits per heavy atom. The molecule has 0 N–H and O–H groups in total. The minimum atomic E-state index is -3.11. The van der Waals surface area contributed by atoms with E-state index in [2.05, 4.69) is 5.10 Å². The van der Waals surface area contributed by atoms with Gasteiger partial charge in [-0.3, -0.25) is 9.59 Å². The van der Waals surface area contributed by atoms with Crippen LogP contribution in [0.25, 0.3) is 0 Å². The number of hydrogen-bond acceptors (Lipinski definition) is 6. The monoisotopic (exact) mass is 370 g/mol. The minimum absolute atomic E-state index is 0.0589. The number of nitrogens with zero attached hydrogens (tertiary/aromatic N) is 4. The molecule has 1 saturated heterocycles. The van der Waals surface area contributed by atoms with Gasteiger partial charge in [0.25, 0.3) is 5.91 Å². The minimum Gasteiger partial charge on any atom is -0.333 e. The number of amides is 2. The fourth-order valence-corrected chi connectivity index (χ4v) is 4.98. The van der Waals surface area contributed by atoms with Crippen LogP contribution in [0.15, 0.2) is 5.10 Å². The molecule has 0 bridgehead atoms. The van der Waals surface area contributed by atoms with E-state index in [1.54, 1.807) is 0 Å². The van der Waals surface area contributed by atoms with Gasteiger partial charge in [0, 0.05) is 32.0 Å². The summed E-state index contributed by atoms with van der Waals surface area (Å²) in [4.78, 5) is 29.0. The van der Waals surface area contributed by atoms with Gasteiger partial charge in [0.05, 0.1) is 17.5 Å². The molecule has 2 heterocycles. The largest absolute Gasteiger partial charge is 0.333 e. The topological polar surface area (TPSA) is 90.4 Å². The van der Waals surface area contributed by atoms with Gasteiger partial charge in [-0.05, 0) is 33.4 Å². The maximum Gasteiger partial charge on any atom is 0.270 e. The molecule has 0 spiro atoms. The molecule has 1 unspecified atom stereocenters. The van der Waals surface area contributed by atoms with E-state index < -0.39 is 15.9 Å². The Hall–Kier alpha value is -1.48. The molecule has 8 nitrogen and oxygen atoms in total. The second-order valence-corrected chi connectivity index (χ2v) is 9.60. The summed E-state index contributed by atoms with van der Waals surface area (Å²) in [6.07, 6.45) is 2.96. The lowest BCUT2D eigenvalue weighted by molar-refractivity contribution is -0.134. The quantitative estimate of drug-likeness (QED) is 0.641. The Morgan fingerprint density at radius 2 is 1.92 bits per heavy atom. The van der Waals surface area contributed by atoms with E-state index in [0.29, 0.717) is 25.1 Å². The smallest absolute Gasteiger partial charge is 0.270 e.